The molecule has 1 aliphatic heterocycles. The lowest BCUT2D eigenvalue weighted by Gasteiger charge is -2.16. The van der Waals surface area contributed by atoms with E-state index in [0.29, 0.717) is 22.3 Å². The van der Waals surface area contributed by atoms with E-state index < -0.39 is 30.3 Å². The highest BCUT2D eigenvalue weighted by molar-refractivity contribution is 6.21. The van der Waals surface area contributed by atoms with Crippen molar-refractivity contribution in [2.75, 3.05) is 13.2 Å². The molecule has 0 saturated heterocycles. The summed E-state index contributed by atoms with van der Waals surface area (Å²) < 4.78 is 4.91. The quantitative estimate of drug-likeness (QED) is 0.426. The van der Waals surface area contributed by atoms with E-state index in [-0.39, 0.29) is 24.4 Å². The minimum Gasteiger partial charge on any atom is -0.507 e. The van der Waals surface area contributed by atoms with E-state index in [1.165, 1.54) is 6.07 Å². The number of hydrogen-bond acceptors (Lipinski definition) is 6. The van der Waals surface area contributed by atoms with Crippen LogP contribution in [0.2, 0.25) is 0 Å². The van der Waals surface area contributed by atoms with Gasteiger partial charge in [0.25, 0.3) is 17.7 Å². The van der Waals surface area contributed by atoms with Gasteiger partial charge >= 0.3 is 5.97 Å². The van der Waals surface area contributed by atoms with Crippen LogP contribution in [0.25, 0.3) is 0 Å². The second kappa shape index (κ2) is 8.49. The van der Waals surface area contributed by atoms with Crippen molar-refractivity contribution in [2.45, 2.75) is 13.5 Å². The van der Waals surface area contributed by atoms with Gasteiger partial charge in [0.2, 0.25) is 0 Å². The minimum atomic E-state index is -0.921. The van der Waals surface area contributed by atoms with Crippen molar-refractivity contribution in [1.29, 1.82) is 0 Å². The first-order valence-corrected chi connectivity index (χ1v) is 8.98. The molecule has 0 atom stereocenters. The first-order chi connectivity index (χ1) is 14.3. The van der Waals surface area contributed by atoms with Gasteiger partial charge in [-0.25, -0.2) is 4.79 Å². The van der Waals surface area contributed by atoms with E-state index in [9.17, 15) is 24.3 Å². The Morgan fingerprint density at radius 3 is 2.40 bits per heavy atom. The third-order valence-electron chi connectivity index (χ3n) is 4.52. The van der Waals surface area contributed by atoms with Crippen LogP contribution in [-0.2, 0) is 16.1 Å². The number of amides is 3. The minimum absolute atomic E-state index is 0.00346. The molecule has 1 heterocycles. The average Bonchev–Trinajstić information content (AvgIpc) is 2.98. The van der Waals surface area contributed by atoms with Crippen LogP contribution < -0.4 is 5.32 Å². The summed E-state index contributed by atoms with van der Waals surface area (Å²) in [4.78, 5) is 50.1. The van der Waals surface area contributed by atoms with Crippen molar-refractivity contribution in [3.8, 4) is 18.1 Å². The zero-order valence-corrected chi connectivity index (χ0v) is 16.1. The van der Waals surface area contributed by atoms with Gasteiger partial charge in [0.05, 0.1) is 24.2 Å². The Morgan fingerprint density at radius 2 is 1.80 bits per heavy atom. The number of nitrogens with zero attached hydrogens (tertiary/aromatic N) is 1. The number of hydrogen-bond donors (Lipinski definition) is 2. The standard InChI is InChI=1S/C22H18N2O6/c1-3-8-23-18(25)12-30-22(29)17-10-14(9-13(2)19(17)26)11-24-20(27)15-6-4-5-7-16(15)21(24)28/h1,4-7,9-10,26H,8,11-12H2,2H3,(H,23,25). The Hall–Kier alpha value is -4.12. The molecule has 1 aliphatic rings. The van der Waals surface area contributed by atoms with Gasteiger partial charge in [-0.3, -0.25) is 19.3 Å². The van der Waals surface area contributed by atoms with Gasteiger partial charge in [-0.15, -0.1) is 6.42 Å². The van der Waals surface area contributed by atoms with Gasteiger partial charge in [-0.05, 0) is 36.2 Å². The van der Waals surface area contributed by atoms with Crippen molar-refractivity contribution in [3.05, 3.63) is 64.2 Å². The van der Waals surface area contributed by atoms with Crippen molar-refractivity contribution in [1.82, 2.24) is 10.2 Å². The third kappa shape index (κ3) is 4.00. The number of phenolic OH excluding ortho intramolecular Hbond substituents is 1. The number of rotatable bonds is 6. The van der Waals surface area contributed by atoms with E-state index >= 15 is 0 Å². The lowest BCUT2D eigenvalue weighted by molar-refractivity contribution is -0.123. The zero-order valence-electron chi connectivity index (χ0n) is 16.1. The normalized spacial score (nSPS) is 12.3. The summed E-state index contributed by atoms with van der Waals surface area (Å²) in [6, 6.07) is 9.39. The van der Waals surface area contributed by atoms with Crippen molar-refractivity contribution in [3.63, 3.8) is 0 Å². The number of phenols is 1. The average molecular weight is 406 g/mol. The summed E-state index contributed by atoms with van der Waals surface area (Å²) in [5.74, 6) is -0.466. The zero-order chi connectivity index (χ0) is 21.8. The maximum Gasteiger partial charge on any atom is 0.342 e. The van der Waals surface area contributed by atoms with Gasteiger partial charge in [-0.1, -0.05) is 24.1 Å². The second-order valence-corrected chi connectivity index (χ2v) is 6.61. The van der Waals surface area contributed by atoms with Crippen LogP contribution in [0.3, 0.4) is 0 Å². The molecule has 0 aliphatic carbocycles. The number of esters is 1. The SMILES string of the molecule is C#CCNC(=O)COC(=O)c1cc(CN2C(=O)c3ccccc3C2=O)cc(C)c1O. The molecule has 3 amide bonds. The summed E-state index contributed by atoms with van der Waals surface area (Å²) in [5, 5.41) is 12.6. The largest absolute Gasteiger partial charge is 0.507 e. The van der Waals surface area contributed by atoms with Crippen LogP contribution in [0.15, 0.2) is 36.4 Å². The van der Waals surface area contributed by atoms with Crippen LogP contribution in [0, 0.1) is 19.3 Å². The molecule has 30 heavy (non-hydrogen) atoms. The number of carbonyl (C=O) groups is 4. The number of fused-ring (bicyclic) bond motifs is 1. The number of aryl methyl sites for hydroxylation is 1. The third-order valence-corrected chi connectivity index (χ3v) is 4.52. The molecule has 0 saturated carbocycles. The fourth-order valence-electron chi connectivity index (χ4n) is 3.08. The fourth-order valence-corrected chi connectivity index (χ4v) is 3.08. The maximum atomic E-state index is 12.6. The van der Waals surface area contributed by atoms with Crippen molar-refractivity contribution < 1.29 is 29.0 Å². The summed E-state index contributed by atoms with van der Waals surface area (Å²) in [7, 11) is 0. The highest BCUT2D eigenvalue weighted by Gasteiger charge is 2.35. The summed E-state index contributed by atoms with van der Waals surface area (Å²) in [6.07, 6.45) is 5.03. The first-order valence-electron chi connectivity index (χ1n) is 8.98. The lowest BCUT2D eigenvalue weighted by atomic mass is 10.0. The fraction of sp³-hybridized carbons (Fsp3) is 0.182. The molecule has 0 radical (unpaired) electrons. The number of carbonyl (C=O) groups excluding carboxylic acids is 4. The monoisotopic (exact) mass is 406 g/mol. The molecule has 2 N–H and O–H groups in total. The summed E-state index contributed by atoms with van der Waals surface area (Å²) in [5.41, 5.74) is 1.26. The molecule has 8 heteroatoms. The van der Waals surface area contributed by atoms with E-state index in [2.05, 4.69) is 11.2 Å². The van der Waals surface area contributed by atoms with Crippen LogP contribution in [-0.4, -0.2) is 46.8 Å². The van der Waals surface area contributed by atoms with Gasteiger partial charge in [-0.2, -0.15) is 0 Å². The van der Waals surface area contributed by atoms with Crippen LogP contribution in [0.1, 0.15) is 42.2 Å². The lowest BCUT2D eigenvalue weighted by Crippen LogP contribution is -2.29. The molecule has 0 bridgehead atoms. The second-order valence-electron chi connectivity index (χ2n) is 6.61. The Kier molecular flexibility index (Phi) is 5.83. The van der Waals surface area contributed by atoms with Gasteiger partial charge < -0.3 is 15.2 Å². The molecular formula is C22H18N2O6. The van der Waals surface area contributed by atoms with Gasteiger partial charge in [0.1, 0.15) is 11.3 Å². The topological polar surface area (TPSA) is 113 Å². The molecular weight excluding hydrogens is 388 g/mol. The molecule has 3 rings (SSSR count). The molecule has 0 aromatic heterocycles. The number of ether oxygens (including phenoxy) is 1. The smallest absolute Gasteiger partial charge is 0.342 e. The molecule has 0 spiro atoms. The van der Waals surface area contributed by atoms with Gasteiger partial charge in [0.15, 0.2) is 6.61 Å². The predicted molar refractivity (Wildman–Crippen MR) is 106 cm³/mol. The number of benzene rings is 2. The Balaban J connectivity index is 1.78. The van der Waals surface area contributed by atoms with Crippen molar-refractivity contribution in [2.24, 2.45) is 0 Å². The van der Waals surface area contributed by atoms with E-state index in [1.807, 2.05) is 0 Å². The van der Waals surface area contributed by atoms with E-state index in [4.69, 9.17) is 11.2 Å². The van der Waals surface area contributed by atoms with Gasteiger partial charge in [0, 0.05) is 0 Å². The first kappa shape index (κ1) is 20.6. The number of aromatic hydroxyl groups is 1. The Bertz CT molecular complexity index is 1060. The highest BCUT2D eigenvalue weighted by atomic mass is 16.5. The van der Waals surface area contributed by atoms with Crippen LogP contribution >= 0.6 is 0 Å². The van der Waals surface area contributed by atoms with Crippen LogP contribution in [0.5, 0.6) is 5.75 Å². The predicted octanol–water partition coefficient (Wildman–Crippen LogP) is 1.40. The Labute approximate surface area is 172 Å². The molecule has 2 aromatic carbocycles. The maximum absolute atomic E-state index is 12.6. The molecule has 0 fully saturated rings. The number of nitrogens with one attached hydrogen (secondary N) is 1. The molecule has 8 nitrogen and oxygen atoms in total. The summed E-state index contributed by atoms with van der Waals surface area (Å²) in [6.45, 7) is 0.909. The van der Waals surface area contributed by atoms with E-state index in [0.717, 1.165) is 4.90 Å². The molecule has 152 valence electrons. The van der Waals surface area contributed by atoms with E-state index in [1.54, 1.807) is 37.3 Å². The van der Waals surface area contributed by atoms with Crippen molar-refractivity contribution >= 4 is 23.7 Å². The molecule has 0 unspecified atom stereocenters. The van der Waals surface area contributed by atoms with Crippen LogP contribution in [0.4, 0.5) is 0 Å². The summed E-state index contributed by atoms with van der Waals surface area (Å²) >= 11 is 0. The molecule has 2 aromatic rings. The number of terminal acetylenes is 1. The number of imide groups is 1. The highest BCUT2D eigenvalue weighted by Crippen LogP contribution is 2.28. The Morgan fingerprint density at radius 1 is 1.17 bits per heavy atom.